The molecule has 128 valence electrons. The van der Waals surface area contributed by atoms with E-state index >= 15 is 0 Å². The Labute approximate surface area is 149 Å². The number of benzene rings is 2. The summed E-state index contributed by atoms with van der Waals surface area (Å²) in [6.07, 6.45) is 0. The van der Waals surface area contributed by atoms with Gasteiger partial charge in [0.25, 0.3) is 0 Å². The highest BCUT2D eigenvalue weighted by Crippen LogP contribution is 2.25. The summed E-state index contributed by atoms with van der Waals surface area (Å²) in [5.41, 5.74) is 1.64. The van der Waals surface area contributed by atoms with E-state index in [1.165, 1.54) is 7.11 Å². The Hall–Kier alpha value is -2.63. The van der Waals surface area contributed by atoms with E-state index in [1.807, 2.05) is 30.3 Å². The summed E-state index contributed by atoms with van der Waals surface area (Å²) in [6, 6.07) is 14.4. The van der Waals surface area contributed by atoms with Crippen molar-refractivity contribution in [3.05, 3.63) is 75.0 Å². The third kappa shape index (κ3) is 3.04. The lowest BCUT2D eigenvalue weighted by Crippen LogP contribution is -2.27. The number of nitrogens with one attached hydrogen (secondary N) is 1. The number of rotatable bonds is 4. The molecular weight excluding hydrogens is 340 g/mol. The van der Waals surface area contributed by atoms with Crippen molar-refractivity contribution in [2.24, 2.45) is 0 Å². The summed E-state index contributed by atoms with van der Waals surface area (Å²) in [5, 5.41) is 3.92. The molecule has 6 heteroatoms. The van der Waals surface area contributed by atoms with Crippen LogP contribution in [0.4, 0.5) is 0 Å². The largest absolute Gasteiger partial charge is 0.464 e. The van der Waals surface area contributed by atoms with Crippen LogP contribution in [0.25, 0.3) is 16.6 Å². The SMILES string of the molecule is CNCc1c(C(=O)OC)n(-c2ccccc2)c2cc(Cl)ccc2c1=O. The van der Waals surface area contributed by atoms with Gasteiger partial charge in [0.05, 0.1) is 12.6 Å². The first-order valence-electron chi connectivity index (χ1n) is 7.74. The Morgan fingerprint density at radius 3 is 2.56 bits per heavy atom. The predicted molar refractivity (Wildman–Crippen MR) is 98.7 cm³/mol. The molecule has 1 N–H and O–H groups in total. The summed E-state index contributed by atoms with van der Waals surface area (Å²) in [6.45, 7) is 0.245. The number of aromatic nitrogens is 1. The number of ether oxygens (including phenoxy) is 1. The second kappa shape index (κ2) is 7.09. The van der Waals surface area contributed by atoms with Gasteiger partial charge in [0.1, 0.15) is 5.69 Å². The second-order valence-corrected chi connectivity index (χ2v) is 5.95. The number of carbonyl (C=O) groups excluding carboxylic acids is 1. The molecule has 0 unspecified atom stereocenters. The van der Waals surface area contributed by atoms with Crippen LogP contribution in [0.3, 0.4) is 0 Å². The number of hydrogen-bond donors (Lipinski definition) is 1. The molecular formula is C19H17ClN2O3. The molecule has 0 spiro atoms. The molecule has 0 aliphatic rings. The summed E-state index contributed by atoms with van der Waals surface area (Å²) in [7, 11) is 3.02. The number of hydrogen-bond acceptors (Lipinski definition) is 4. The third-order valence-electron chi connectivity index (χ3n) is 3.98. The van der Waals surface area contributed by atoms with Crippen LogP contribution in [0.15, 0.2) is 53.3 Å². The maximum absolute atomic E-state index is 13.0. The maximum atomic E-state index is 13.0. The van der Waals surface area contributed by atoms with Gasteiger partial charge in [-0.25, -0.2) is 4.79 Å². The van der Waals surface area contributed by atoms with Crippen LogP contribution < -0.4 is 10.7 Å². The summed E-state index contributed by atoms with van der Waals surface area (Å²) >= 11 is 6.15. The van der Waals surface area contributed by atoms with Gasteiger partial charge in [0.2, 0.25) is 0 Å². The quantitative estimate of drug-likeness (QED) is 0.729. The molecule has 0 aliphatic carbocycles. The molecule has 0 amide bonds. The van der Waals surface area contributed by atoms with Crippen LogP contribution in [0.1, 0.15) is 16.1 Å². The molecule has 0 saturated carbocycles. The van der Waals surface area contributed by atoms with E-state index in [0.29, 0.717) is 21.5 Å². The van der Waals surface area contributed by atoms with Gasteiger partial charge < -0.3 is 14.6 Å². The topological polar surface area (TPSA) is 60.3 Å². The van der Waals surface area contributed by atoms with Crippen molar-refractivity contribution >= 4 is 28.5 Å². The van der Waals surface area contributed by atoms with Crippen LogP contribution >= 0.6 is 11.6 Å². The van der Waals surface area contributed by atoms with Gasteiger partial charge in [0, 0.05) is 28.2 Å². The molecule has 2 aromatic carbocycles. The zero-order chi connectivity index (χ0) is 18.0. The summed E-state index contributed by atoms with van der Waals surface area (Å²) in [4.78, 5) is 25.5. The van der Waals surface area contributed by atoms with Crippen molar-refractivity contribution in [3.8, 4) is 5.69 Å². The van der Waals surface area contributed by atoms with Gasteiger partial charge in [-0.05, 0) is 37.4 Å². The normalized spacial score (nSPS) is 10.8. The lowest BCUT2D eigenvalue weighted by molar-refractivity contribution is 0.0589. The first-order chi connectivity index (χ1) is 12.1. The number of carbonyl (C=O) groups is 1. The maximum Gasteiger partial charge on any atom is 0.355 e. The molecule has 25 heavy (non-hydrogen) atoms. The highest BCUT2D eigenvalue weighted by Gasteiger charge is 2.23. The Kier molecular flexibility index (Phi) is 4.88. The smallest absolute Gasteiger partial charge is 0.355 e. The Morgan fingerprint density at radius 1 is 1.20 bits per heavy atom. The molecule has 0 bridgehead atoms. The monoisotopic (exact) mass is 356 g/mol. The fraction of sp³-hybridized carbons (Fsp3) is 0.158. The average molecular weight is 357 g/mol. The number of para-hydroxylation sites is 1. The number of methoxy groups -OCH3 is 1. The molecule has 5 nitrogen and oxygen atoms in total. The van der Waals surface area contributed by atoms with Gasteiger partial charge in [-0.2, -0.15) is 0 Å². The van der Waals surface area contributed by atoms with Crippen molar-refractivity contribution in [2.75, 3.05) is 14.2 Å². The van der Waals surface area contributed by atoms with Gasteiger partial charge in [-0.3, -0.25) is 4.79 Å². The van der Waals surface area contributed by atoms with E-state index in [9.17, 15) is 9.59 Å². The first kappa shape index (κ1) is 17.2. The lowest BCUT2D eigenvalue weighted by Gasteiger charge is -2.19. The molecule has 0 aliphatic heterocycles. The van der Waals surface area contributed by atoms with Crippen LogP contribution in [0, 0.1) is 0 Å². The Morgan fingerprint density at radius 2 is 1.92 bits per heavy atom. The lowest BCUT2D eigenvalue weighted by atomic mass is 10.1. The van der Waals surface area contributed by atoms with Gasteiger partial charge >= 0.3 is 5.97 Å². The highest BCUT2D eigenvalue weighted by atomic mass is 35.5. The van der Waals surface area contributed by atoms with Crippen molar-refractivity contribution in [1.82, 2.24) is 9.88 Å². The summed E-state index contributed by atoms with van der Waals surface area (Å²) < 4.78 is 6.68. The zero-order valence-corrected chi connectivity index (χ0v) is 14.6. The van der Waals surface area contributed by atoms with Crippen molar-refractivity contribution < 1.29 is 9.53 Å². The standard InChI is InChI=1S/C19H17ClN2O3/c1-21-11-15-17(19(24)25-2)22(13-6-4-3-5-7-13)16-10-12(20)8-9-14(16)18(15)23/h3-10,21H,11H2,1-2H3. The summed E-state index contributed by atoms with van der Waals surface area (Å²) in [5.74, 6) is -0.576. The van der Waals surface area contributed by atoms with Crippen LogP contribution in [-0.2, 0) is 11.3 Å². The van der Waals surface area contributed by atoms with Crippen LogP contribution in [0.2, 0.25) is 5.02 Å². The van der Waals surface area contributed by atoms with E-state index < -0.39 is 5.97 Å². The highest BCUT2D eigenvalue weighted by molar-refractivity contribution is 6.31. The molecule has 0 fully saturated rings. The molecule has 3 rings (SSSR count). The van der Waals surface area contributed by atoms with Gasteiger partial charge in [-0.15, -0.1) is 0 Å². The number of halogens is 1. The molecule has 0 radical (unpaired) electrons. The average Bonchev–Trinajstić information content (AvgIpc) is 2.63. The van der Waals surface area contributed by atoms with Crippen LogP contribution in [0.5, 0.6) is 0 Å². The van der Waals surface area contributed by atoms with E-state index in [2.05, 4.69) is 5.32 Å². The first-order valence-corrected chi connectivity index (χ1v) is 8.11. The van der Waals surface area contributed by atoms with E-state index in [4.69, 9.17) is 16.3 Å². The minimum atomic E-state index is -0.576. The Balaban J connectivity index is 2.55. The Bertz CT molecular complexity index is 997. The van der Waals surface area contributed by atoms with E-state index in [1.54, 1.807) is 29.8 Å². The van der Waals surface area contributed by atoms with Gasteiger partial charge in [-0.1, -0.05) is 29.8 Å². The predicted octanol–water partition coefficient (Wildman–Crippen LogP) is 3.15. The van der Waals surface area contributed by atoms with E-state index in [-0.39, 0.29) is 17.7 Å². The number of pyridine rings is 1. The fourth-order valence-electron chi connectivity index (χ4n) is 2.90. The third-order valence-corrected chi connectivity index (χ3v) is 4.21. The molecule has 3 aromatic rings. The minimum Gasteiger partial charge on any atom is -0.464 e. The van der Waals surface area contributed by atoms with Crippen molar-refractivity contribution in [2.45, 2.75) is 6.54 Å². The zero-order valence-electron chi connectivity index (χ0n) is 13.9. The second-order valence-electron chi connectivity index (χ2n) is 5.51. The fourth-order valence-corrected chi connectivity index (χ4v) is 3.07. The van der Waals surface area contributed by atoms with E-state index in [0.717, 1.165) is 5.69 Å². The van der Waals surface area contributed by atoms with Crippen molar-refractivity contribution in [3.63, 3.8) is 0 Å². The molecule has 0 saturated heterocycles. The molecule has 1 aromatic heterocycles. The minimum absolute atomic E-state index is 0.197. The molecule has 0 atom stereocenters. The van der Waals surface area contributed by atoms with Crippen molar-refractivity contribution in [1.29, 1.82) is 0 Å². The van der Waals surface area contributed by atoms with Crippen LogP contribution in [-0.4, -0.2) is 24.7 Å². The number of fused-ring (bicyclic) bond motifs is 1. The number of esters is 1. The van der Waals surface area contributed by atoms with Gasteiger partial charge in [0.15, 0.2) is 5.43 Å². The number of nitrogens with zero attached hydrogens (tertiary/aromatic N) is 1. The molecule has 1 heterocycles.